The highest BCUT2D eigenvalue weighted by Gasteiger charge is 2.35. The average Bonchev–Trinajstić information content (AvgIpc) is 2.81. The molecule has 170 valence electrons. The van der Waals surface area contributed by atoms with Crippen LogP contribution in [0.1, 0.15) is 85.7 Å². The first kappa shape index (κ1) is 22.8. The quantitative estimate of drug-likeness (QED) is 0.261. The van der Waals surface area contributed by atoms with Crippen molar-refractivity contribution >= 4 is 5.97 Å². The van der Waals surface area contributed by atoms with Crippen LogP contribution in [0.2, 0.25) is 0 Å². The third-order valence-corrected chi connectivity index (χ3v) is 7.61. The number of allylic oxidation sites excluding steroid dienone is 2. The maximum Gasteiger partial charge on any atom is 0.343 e. The third kappa shape index (κ3) is 5.49. The van der Waals surface area contributed by atoms with Crippen molar-refractivity contribution in [3.63, 3.8) is 0 Å². The van der Waals surface area contributed by atoms with Crippen molar-refractivity contribution in [3.8, 4) is 5.75 Å². The lowest BCUT2D eigenvalue weighted by atomic mass is 9.63. The Kier molecular flexibility index (Phi) is 7.44. The minimum Gasteiger partial charge on any atom is -0.420 e. The zero-order valence-corrected chi connectivity index (χ0v) is 19.4. The van der Waals surface area contributed by atoms with E-state index in [2.05, 4.69) is 31.2 Å². The molecule has 3 heteroatoms. The van der Waals surface area contributed by atoms with Crippen LogP contribution < -0.4 is 4.74 Å². The number of esters is 1. The highest BCUT2D eigenvalue weighted by molar-refractivity contribution is 5.91. The SMILES string of the molecule is C/C=C/CCC1CCC2CC(c3ccc(C(=O)Oc4ccc(C)cc4F)cc3)CCC2C1. The van der Waals surface area contributed by atoms with Gasteiger partial charge >= 0.3 is 5.97 Å². The minimum atomic E-state index is -0.515. The number of fused-ring (bicyclic) bond motifs is 1. The largest absolute Gasteiger partial charge is 0.420 e. The van der Waals surface area contributed by atoms with E-state index < -0.39 is 11.8 Å². The molecule has 0 aromatic heterocycles. The standard InChI is InChI=1S/C29H35FO2/c1-3-4-5-6-21-8-9-26-19-25(15-14-24(26)18-21)22-10-12-23(13-11-22)29(31)32-28-16-7-20(2)17-27(28)30/h3-4,7,10-13,16-17,21,24-26H,5-6,8-9,14-15,18-19H2,1-2H3/b4-3+. The van der Waals surface area contributed by atoms with Crippen LogP contribution in [0.3, 0.4) is 0 Å². The normalized spacial score (nSPS) is 25.5. The summed E-state index contributed by atoms with van der Waals surface area (Å²) < 4.78 is 19.3. The molecule has 2 saturated carbocycles. The van der Waals surface area contributed by atoms with Crippen LogP contribution in [0, 0.1) is 30.5 Å². The van der Waals surface area contributed by atoms with Gasteiger partial charge in [0.05, 0.1) is 5.56 Å². The van der Waals surface area contributed by atoms with Gasteiger partial charge in [-0.05, 0) is 118 Å². The van der Waals surface area contributed by atoms with Crippen molar-refractivity contribution < 1.29 is 13.9 Å². The van der Waals surface area contributed by atoms with Gasteiger partial charge in [-0.25, -0.2) is 9.18 Å². The van der Waals surface area contributed by atoms with E-state index in [9.17, 15) is 9.18 Å². The van der Waals surface area contributed by atoms with Crippen molar-refractivity contribution in [3.05, 3.63) is 77.1 Å². The molecule has 0 N–H and O–H groups in total. The monoisotopic (exact) mass is 434 g/mol. The summed E-state index contributed by atoms with van der Waals surface area (Å²) in [6.45, 7) is 3.91. The van der Waals surface area contributed by atoms with E-state index in [1.165, 1.54) is 69.1 Å². The van der Waals surface area contributed by atoms with Crippen LogP contribution in [0.15, 0.2) is 54.6 Å². The zero-order valence-electron chi connectivity index (χ0n) is 19.4. The lowest BCUT2D eigenvalue weighted by molar-refractivity contribution is 0.0727. The van der Waals surface area contributed by atoms with Crippen LogP contribution >= 0.6 is 0 Å². The number of carbonyl (C=O) groups excluding carboxylic acids is 1. The number of halogens is 1. The number of carbonyl (C=O) groups is 1. The van der Waals surface area contributed by atoms with E-state index >= 15 is 0 Å². The fourth-order valence-corrected chi connectivity index (χ4v) is 5.79. The molecule has 0 spiro atoms. The molecule has 2 fully saturated rings. The van der Waals surface area contributed by atoms with Gasteiger partial charge in [0.2, 0.25) is 0 Å². The predicted molar refractivity (Wildman–Crippen MR) is 127 cm³/mol. The molecule has 2 aliphatic rings. The van der Waals surface area contributed by atoms with Crippen LogP contribution in [0.5, 0.6) is 5.75 Å². The molecule has 0 amide bonds. The molecule has 0 aliphatic heterocycles. The van der Waals surface area contributed by atoms with Crippen molar-refractivity contribution in [2.75, 3.05) is 0 Å². The second-order valence-corrected chi connectivity index (χ2v) is 9.80. The first-order valence-corrected chi connectivity index (χ1v) is 12.2. The lowest BCUT2D eigenvalue weighted by Gasteiger charge is -2.42. The van der Waals surface area contributed by atoms with Crippen LogP contribution in [-0.4, -0.2) is 5.97 Å². The Morgan fingerprint density at radius 1 is 1.03 bits per heavy atom. The Hall–Kier alpha value is -2.42. The molecule has 0 heterocycles. The van der Waals surface area contributed by atoms with Gasteiger partial charge in [0.25, 0.3) is 0 Å². The molecule has 4 rings (SSSR count). The summed E-state index contributed by atoms with van der Waals surface area (Å²) in [5.74, 6) is 2.19. The van der Waals surface area contributed by atoms with E-state index in [4.69, 9.17) is 4.74 Å². The predicted octanol–water partition coefficient (Wildman–Crippen LogP) is 8.01. The molecule has 0 radical (unpaired) electrons. The van der Waals surface area contributed by atoms with Gasteiger partial charge in [0.1, 0.15) is 0 Å². The summed E-state index contributed by atoms with van der Waals surface area (Å²) in [5, 5.41) is 0. The van der Waals surface area contributed by atoms with E-state index in [0.29, 0.717) is 11.5 Å². The maximum absolute atomic E-state index is 14.0. The van der Waals surface area contributed by atoms with Gasteiger partial charge in [0, 0.05) is 0 Å². The second-order valence-electron chi connectivity index (χ2n) is 9.80. The lowest BCUT2D eigenvalue weighted by Crippen LogP contribution is -2.30. The van der Waals surface area contributed by atoms with Gasteiger partial charge in [-0.2, -0.15) is 0 Å². The molecular formula is C29H35FO2. The third-order valence-electron chi connectivity index (χ3n) is 7.61. The summed E-state index contributed by atoms with van der Waals surface area (Å²) >= 11 is 0. The molecule has 2 aliphatic carbocycles. The van der Waals surface area contributed by atoms with Crippen molar-refractivity contribution in [1.29, 1.82) is 0 Å². The number of aryl methyl sites for hydroxylation is 1. The Balaban J connectivity index is 1.32. The van der Waals surface area contributed by atoms with E-state index in [0.717, 1.165) is 23.3 Å². The smallest absolute Gasteiger partial charge is 0.343 e. The molecule has 0 saturated heterocycles. The molecule has 4 unspecified atom stereocenters. The van der Waals surface area contributed by atoms with Crippen LogP contribution in [0.25, 0.3) is 0 Å². The highest BCUT2D eigenvalue weighted by atomic mass is 19.1. The zero-order chi connectivity index (χ0) is 22.5. The Labute approximate surface area is 191 Å². The summed E-state index contributed by atoms with van der Waals surface area (Å²) in [6, 6.07) is 12.4. The first-order chi connectivity index (χ1) is 15.5. The molecule has 2 nitrogen and oxygen atoms in total. The van der Waals surface area contributed by atoms with Crippen LogP contribution in [-0.2, 0) is 0 Å². The minimum absolute atomic E-state index is 0.0238. The maximum atomic E-state index is 14.0. The van der Waals surface area contributed by atoms with Gasteiger partial charge in [-0.1, -0.05) is 36.8 Å². The molecule has 4 atom stereocenters. The van der Waals surface area contributed by atoms with Crippen molar-refractivity contribution in [2.45, 2.75) is 71.1 Å². The Bertz CT molecular complexity index is 946. The highest BCUT2D eigenvalue weighted by Crippen LogP contribution is 2.48. The number of hydrogen-bond donors (Lipinski definition) is 0. The number of ether oxygens (including phenoxy) is 1. The van der Waals surface area contributed by atoms with E-state index in [1.807, 2.05) is 12.1 Å². The van der Waals surface area contributed by atoms with E-state index in [-0.39, 0.29) is 5.75 Å². The summed E-state index contributed by atoms with van der Waals surface area (Å²) in [6.07, 6.45) is 15.0. The van der Waals surface area contributed by atoms with Gasteiger partial charge in [0.15, 0.2) is 11.6 Å². The Morgan fingerprint density at radius 2 is 1.78 bits per heavy atom. The average molecular weight is 435 g/mol. The fourth-order valence-electron chi connectivity index (χ4n) is 5.79. The van der Waals surface area contributed by atoms with E-state index in [1.54, 1.807) is 13.0 Å². The number of benzene rings is 2. The number of rotatable bonds is 6. The molecule has 2 aromatic rings. The summed E-state index contributed by atoms with van der Waals surface area (Å²) in [7, 11) is 0. The summed E-state index contributed by atoms with van der Waals surface area (Å²) in [4.78, 5) is 12.5. The fraction of sp³-hybridized carbons (Fsp3) is 0.483. The van der Waals surface area contributed by atoms with Gasteiger partial charge in [-0.3, -0.25) is 0 Å². The summed E-state index contributed by atoms with van der Waals surface area (Å²) in [5.41, 5.74) is 2.57. The van der Waals surface area contributed by atoms with Crippen LogP contribution in [0.4, 0.5) is 4.39 Å². The molecule has 0 bridgehead atoms. The van der Waals surface area contributed by atoms with Gasteiger partial charge < -0.3 is 4.74 Å². The number of hydrogen-bond acceptors (Lipinski definition) is 2. The molecule has 2 aromatic carbocycles. The molecular weight excluding hydrogens is 399 g/mol. The molecule has 32 heavy (non-hydrogen) atoms. The van der Waals surface area contributed by atoms with Gasteiger partial charge in [-0.15, -0.1) is 0 Å². The van der Waals surface area contributed by atoms with Crippen molar-refractivity contribution in [1.82, 2.24) is 0 Å². The van der Waals surface area contributed by atoms with Crippen molar-refractivity contribution in [2.24, 2.45) is 17.8 Å². The second kappa shape index (κ2) is 10.5. The topological polar surface area (TPSA) is 26.3 Å². The Morgan fingerprint density at radius 3 is 2.53 bits per heavy atom. The first-order valence-electron chi connectivity index (χ1n) is 12.2.